The lowest BCUT2D eigenvalue weighted by atomic mass is 10.1. The van der Waals surface area contributed by atoms with Gasteiger partial charge in [-0.15, -0.1) is 12.4 Å². The van der Waals surface area contributed by atoms with E-state index in [0.29, 0.717) is 11.6 Å². The minimum Gasteiger partial charge on any atom is -0.382 e. The average Bonchev–Trinajstić information content (AvgIpc) is 2.00. The van der Waals surface area contributed by atoms with Gasteiger partial charge in [-0.05, 0) is 32.0 Å². The predicted molar refractivity (Wildman–Crippen MR) is 73.2 cm³/mol. The van der Waals surface area contributed by atoms with Gasteiger partial charge >= 0.3 is 0 Å². The van der Waals surface area contributed by atoms with Gasteiger partial charge in [-0.2, -0.15) is 0 Å². The molecule has 5 heteroatoms. The van der Waals surface area contributed by atoms with Gasteiger partial charge in [-0.25, -0.2) is 0 Å². The SMILES string of the molecule is CC(C)(N)CNc1ccc(Br)cc1Cl.Cl. The minimum atomic E-state index is -0.240. The van der Waals surface area contributed by atoms with Gasteiger partial charge in [0.25, 0.3) is 0 Å². The molecule has 0 aliphatic rings. The Bertz CT molecular complexity index is 324. The predicted octanol–water partition coefficient (Wildman–Crippen LogP) is 3.67. The highest BCUT2D eigenvalue weighted by Gasteiger charge is 2.10. The number of hydrogen-bond donors (Lipinski definition) is 2. The van der Waals surface area contributed by atoms with Crippen LogP contribution < -0.4 is 11.1 Å². The van der Waals surface area contributed by atoms with Crippen LogP contribution in [0.5, 0.6) is 0 Å². The summed E-state index contributed by atoms with van der Waals surface area (Å²) in [4.78, 5) is 0. The van der Waals surface area contributed by atoms with E-state index < -0.39 is 0 Å². The quantitative estimate of drug-likeness (QED) is 0.893. The second kappa shape index (κ2) is 5.94. The van der Waals surface area contributed by atoms with E-state index >= 15 is 0 Å². The molecule has 1 rings (SSSR count). The molecule has 0 saturated heterocycles. The molecule has 0 atom stereocenters. The fourth-order valence-electron chi connectivity index (χ4n) is 0.956. The zero-order valence-electron chi connectivity index (χ0n) is 8.68. The van der Waals surface area contributed by atoms with Crippen LogP contribution >= 0.6 is 39.9 Å². The number of rotatable bonds is 3. The summed E-state index contributed by atoms with van der Waals surface area (Å²) in [5, 5.41) is 3.90. The van der Waals surface area contributed by atoms with E-state index in [1.807, 2.05) is 32.0 Å². The highest BCUT2D eigenvalue weighted by molar-refractivity contribution is 9.10. The summed E-state index contributed by atoms with van der Waals surface area (Å²) in [7, 11) is 0. The molecule has 0 aromatic heterocycles. The largest absolute Gasteiger partial charge is 0.382 e. The van der Waals surface area contributed by atoms with Crippen molar-refractivity contribution in [2.75, 3.05) is 11.9 Å². The Labute approximate surface area is 110 Å². The Balaban J connectivity index is 0.00000196. The Morgan fingerprint density at radius 3 is 2.53 bits per heavy atom. The Morgan fingerprint density at radius 2 is 2.07 bits per heavy atom. The lowest BCUT2D eigenvalue weighted by molar-refractivity contribution is 0.549. The van der Waals surface area contributed by atoms with E-state index in [0.717, 1.165) is 10.2 Å². The van der Waals surface area contributed by atoms with Crippen molar-refractivity contribution in [2.45, 2.75) is 19.4 Å². The summed E-state index contributed by atoms with van der Waals surface area (Å²) in [6.45, 7) is 4.62. The number of anilines is 1. The van der Waals surface area contributed by atoms with Crippen LogP contribution in [0.4, 0.5) is 5.69 Å². The van der Waals surface area contributed by atoms with E-state index in [4.69, 9.17) is 17.3 Å². The zero-order chi connectivity index (χ0) is 10.8. The molecule has 1 aromatic carbocycles. The molecule has 3 N–H and O–H groups in total. The Kier molecular flexibility index (Phi) is 5.96. The van der Waals surface area contributed by atoms with Gasteiger partial charge in [0.2, 0.25) is 0 Å². The average molecular weight is 314 g/mol. The van der Waals surface area contributed by atoms with Crippen molar-refractivity contribution in [3.8, 4) is 0 Å². The highest BCUT2D eigenvalue weighted by atomic mass is 79.9. The molecule has 2 nitrogen and oxygen atoms in total. The maximum absolute atomic E-state index is 6.03. The normalized spacial score (nSPS) is 10.7. The van der Waals surface area contributed by atoms with Gasteiger partial charge in [0.05, 0.1) is 10.7 Å². The van der Waals surface area contributed by atoms with Crippen LogP contribution in [0.15, 0.2) is 22.7 Å². The number of nitrogens with two attached hydrogens (primary N) is 1. The summed E-state index contributed by atoms with van der Waals surface area (Å²) in [5.74, 6) is 0. The Morgan fingerprint density at radius 1 is 1.47 bits per heavy atom. The monoisotopic (exact) mass is 312 g/mol. The molecular formula is C10H15BrCl2N2. The van der Waals surface area contributed by atoms with Crippen LogP contribution in [0, 0.1) is 0 Å². The second-order valence-corrected chi connectivity index (χ2v) is 5.29. The van der Waals surface area contributed by atoms with Crippen LogP contribution in [-0.2, 0) is 0 Å². The fourth-order valence-corrected chi connectivity index (χ4v) is 1.70. The van der Waals surface area contributed by atoms with Gasteiger partial charge in [-0.1, -0.05) is 27.5 Å². The fraction of sp³-hybridized carbons (Fsp3) is 0.400. The van der Waals surface area contributed by atoms with Gasteiger partial charge < -0.3 is 11.1 Å². The van der Waals surface area contributed by atoms with E-state index in [2.05, 4.69) is 21.2 Å². The van der Waals surface area contributed by atoms with Crippen molar-refractivity contribution in [1.29, 1.82) is 0 Å². The minimum absolute atomic E-state index is 0. The van der Waals surface area contributed by atoms with Crippen molar-refractivity contribution in [1.82, 2.24) is 0 Å². The van der Waals surface area contributed by atoms with Crippen molar-refractivity contribution in [3.05, 3.63) is 27.7 Å². The molecule has 0 aliphatic heterocycles. The number of halogens is 3. The molecule has 0 radical (unpaired) electrons. The highest BCUT2D eigenvalue weighted by Crippen LogP contribution is 2.25. The molecular weight excluding hydrogens is 299 g/mol. The first-order valence-electron chi connectivity index (χ1n) is 4.36. The first-order chi connectivity index (χ1) is 6.38. The van der Waals surface area contributed by atoms with Crippen LogP contribution in [0.25, 0.3) is 0 Å². The lowest BCUT2D eigenvalue weighted by Gasteiger charge is -2.20. The maximum atomic E-state index is 6.03. The van der Waals surface area contributed by atoms with Crippen LogP contribution in [0.2, 0.25) is 5.02 Å². The van der Waals surface area contributed by atoms with Crippen molar-refractivity contribution in [2.24, 2.45) is 5.73 Å². The third kappa shape index (κ3) is 5.61. The molecule has 0 unspecified atom stereocenters. The molecule has 15 heavy (non-hydrogen) atoms. The molecule has 1 aromatic rings. The van der Waals surface area contributed by atoms with E-state index in [9.17, 15) is 0 Å². The van der Waals surface area contributed by atoms with E-state index in [1.54, 1.807) is 0 Å². The second-order valence-electron chi connectivity index (χ2n) is 3.97. The zero-order valence-corrected chi connectivity index (χ0v) is 11.8. The van der Waals surface area contributed by atoms with Crippen molar-refractivity contribution >= 4 is 45.6 Å². The molecule has 0 heterocycles. The lowest BCUT2D eigenvalue weighted by Crippen LogP contribution is -2.39. The summed E-state index contributed by atoms with van der Waals surface area (Å²) in [6, 6.07) is 5.73. The van der Waals surface area contributed by atoms with Crippen molar-refractivity contribution < 1.29 is 0 Å². The molecule has 0 amide bonds. The summed E-state index contributed by atoms with van der Waals surface area (Å²) in [6.07, 6.45) is 0. The molecule has 0 bridgehead atoms. The molecule has 0 fully saturated rings. The van der Waals surface area contributed by atoms with Gasteiger partial charge in [-0.3, -0.25) is 0 Å². The summed E-state index contributed by atoms with van der Waals surface area (Å²) in [5.41, 5.74) is 6.52. The van der Waals surface area contributed by atoms with E-state index in [1.165, 1.54) is 0 Å². The molecule has 0 spiro atoms. The first-order valence-corrected chi connectivity index (χ1v) is 5.53. The van der Waals surface area contributed by atoms with Gasteiger partial charge in [0.1, 0.15) is 0 Å². The van der Waals surface area contributed by atoms with Gasteiger partial charge in [0.15, 0.2) is 0 Å². The number of hydrogen-bond acceptors (Lipinski definition) is 2. The number of benzene rings is 1. The topological polar surface area (TPSA) is 38.0 Å². The molecule has 0 saturated carbocycles. The van der Waals surface area contributed by atoms with Crippen LogP contribution in [0.1, 0.15) is 13.8 Å². The van der Waals surface area contributed by atoms with Crippen LogP contribution in [0.3, 0.4) is 0 Å². The third-order valence-electron chi connectivity index (χ3n) is 1.67. The smallest absolute Gasteiger partial charge is 0.0648 e. The summed E-state index contributed by atoms with van der Waals surface area (Å²) < 4.78 is 0.972. The third-order valence-corrected chi connectivity index (χ3v) is 2.47. The van der Waals surface area contributed by atoms with Crippen LogP contribution in [-0.4, -0.2) is 12.1 Å². The number of nitrogens with one attached hydrogen (secondary N) is 1. The first kappa shape index (κ1) is 15.0. The molecule has 86 valence electrons. The summed E-state index contributed by atoms with van der Waals surface area (Å²) >= 11 is 9.38. The van der Waals surface area contributed by atoms with E-state index in [-0.39, 0.29) is 17.9 Å². The molecule has 0 aliphatic carbocycles. The van der Waals surface area contributed by atoms with Crippen molar-refractivity contribution in [3.63, 3.8) is 0 Å². The standard InChI is InChI=1S/C10H14BrClN2.ClH/c1-10(2,13)6-14-9-4-3-7(11)5-8(9)12;/h3-5,14H,6,13H2,1-2H3;1H. The maximum Gasteiger partial charge on any atom is 0.0648 e. The van der Waals surface area contributed by atoms with Gasteiger partial charge in [0, 0.05) is 16.6 Å². The Hall–Kier alpha value is 0.0400.